The molecule has 1 heterocycles. The van der Waals surface area contributed by atoms with E-state index >= 15 is 0 Å². The number of hydrogen-bond donors (Lipinski definition) is 1. The molecule has 1 atom stereocenters. The molecule has 1 N–H and O–H groups in total. The molecular weight excluding hydrogens is 150 g/mol. The molecule has 0 aliphatic carbocycles. The second-order valence-electron chi connectivity index (χ2n) is 2.82. The van der Waals surface area contributed by atoms with Gasteiger partial charge in [0.15, 0.2) is 0 Å². The van der Waals surface area contributed by atoms with Gasteiger partial charge in [-0.3, -0.25) is 0 Å². The lowest BCUT2D eigenvalue weighted by molar-refractivity contribution is -0.109. The van der Waals surface area contributed by atoms with Crippen molar-refractivity contribution in [2.75, 3.05) is 0 Å². The zero-order chi connectivity index (χ0) is 8.55. The number of rotatable bonds is 1. The highest BCUT2D eigenvalue weighted by Crippen LogP contribution is 2.29. The summed E-state index contributed by atoms with van der Waals surface area (Å²) in [4.78, 5) is 10.6. The van der Waals surface area contributed by atoms with E-state index in [1.54, 1.807) is 0 Å². The van der Waals surface area contributed by atoms with E-state index in [2.05, 4.69) is 11.9 Å². The van der Waals surface area contributed by atoms with Crippen LogP contribution < -0.4 is 5.32 Å². The SMILES string of the molecule is C=C1NC(C=O)c2ccccc21. The third-order valence-electron chi connectivity index (χ3n) is 2.09. The van der Waals surface area contributed by atoms with Gasteiger partial charge in [0.25, 0.3) is 0 Å². The summed E-state index contributed by atoms with van der Waals surface area (Å²) in [5.41, 5.74) is 2.91. The number of nitrogens with one attached hydrogen (secondary N) is 1. The largest absolute Gasteiger partial charge is 0.372 e. The molecule has 0 amide bonds. The van der Waals surface area contributed by atoms with E-state index in [-0.39, 0.29) is 6.04 Å². The van der Waals surface area contributed by atoms with Gasteiger partial charge < -0.3 is 10.1 Å². The lowest BCUT2D eigenvalue weighted by atomic mass is 10.1. The van der Waals surface area contributed by atoms with E-state index in [0.717, 1.165) is 23.1 Å². The quantitative estimate of drug-likeness (QED) is 0.629. The molecule has 1 unspecified atom stereocenters. The first-order chi connectivity index (χ1) is 5.83. The molecule has 12 heavy (non-hydrogen) atoms. The topological polar surface area (TPSA) is 29.1 Å². The van der Waals surface area contributed by atoms with Crippen molar-refractivity contribution >= 4 is 12.0 Å². The van der Waals surface area contributed by atoms with Crippen molar-refractivity contribution in [3.8, 4) is 0 Å². The normalized spacial score (nSPS) is 20.0. The molecule has 2 heteroatoms. The Labute approximate surface area is 70.9 Å². The molecule has 0 saturated carbocycles. The Hall–Kier alpha value is -1.57. The Kier molecular flexibility index (Phi) is 1.47. The van der Waals surface area contributed by atoms with Crippen LogP contribution in [0, 0.1) is 0 Å². The molecule has 1 aliphatic rings. The fraction of sp³-hybridized carbons (Fsp3) is 0.100. The summed E-state index contributed by atoms with van der Waals surface area (Å²) in [6.45, 7) is 3.82. The van der Waals surface area contributed by atoms with Gasteiger partial charge in [0.05, 0.1) is 0 Å². The maximum Gasteiger partial charge on any atom is 0.146 e. The molecular formula is C10H9NO. The second-order valence-corrected chi connectivity index (χ2v) is 2.82. The van der Waals surface area contributed by atoms with E-state index in [4.69, 9.17) is 0 Å². The Morgan fingerprint density at radius 2 is 2.17 bits per heavy atom. The number of aldehydes is 1. The summed E-state index contributed by atoms with van der Waals surface area (Å²) in [6, 6.07) is 7.58. The Morgan fingerprint density at radius 3 is 2.92 bits per heavy atom. The minimum Gasteiger partial charge on any atom is -0.372 e. The molecule has 0 bridgehead atoms. The van der Waals surface area contributed by atoms with Crippen molar-refractivity contribution in [1.29, 1.82) is 0 Å². The van der Waals surface area contributed by atoms with Crippen molar-refractivity contribution in [2.45, 2.75) is 6.04 Å². The van der Waals surface area contributed by atoms with Crippen LogP contribution in [-0.2, 0) is 4.79 Å². The third kappa shape index (κ3) is 0.848. The zero-order valence-electron chi connectivity index (χ0n) is 6.58. The van der Waals surface area contributed by atoms with E-state index in [1.807, 2.05) is 24.3 Å². The van der Waals surface area contributed by atoms with Crippen LogP contribution in [0.15, 0.2) is 30.8 Å². The van der Waals surface area contributed by atoms with Gasteiger partial charge in [0.1, 0.15) is 12.3 Å². The number of benzene rings is 1. The first kappa shape index (κ1) is 7.10. The molecule has 0 radical (unpaired) electrons. The van der Waals surface area contributed by atoms with Crippen LogP contribution in [0.5, 0.6) is 0 Å². The Balaban J connectivity index is 2.57. The molecule has 0 saturated heterocycles. The van der Waals surface area contributed by atoms with Gasteiger partial charge in [0, 0.05) is 11.3 Å². The predicted octanol–water partition coefficient (Wildman–Crippen LogP) is 1.50. The van der Waals surface area contributed by atoms with Crippen LogP contribution in [0.25, 0.3) is 5.70 Å². The third-order valence-corrected chi connectivity index (χ3v) is 2.09. The minimum absolute atomic E-state index is 0.200. The van der Waals surface area contributed by atoms with Crippen LogP contribution in [-0.4, -0.2) is 6.29 Å². The molecule has 1 aromatic carbocycles. The first-order valence-corrected chi connectivity index (χ1v) is 3.83. The number of carbonyl (C=O) groups excluding carboxylic acids is 1. The van der Waals surface area contributed by atoms with Crippen LogP contribution in [0.1, 0.15) is 17.2 Å². The van der Waals surface area contributed by atoms with Gasteiger partial charge in [-0.25, -0.2) is 0 Å². The van der Waals surface area contributed by atoms with Gasteiger partial charge in [-0.15, -0.1) is 0 Å². The summed E-state index contributed by atoms with van der Waals surface area (Å²) >= 11 is 0. The molecule has 60 valence electrons. The van der Waals surface area contributed by atoms with E-state index in [1.165, 1.54) is 0 Å². The van der Waals surface area contributed by atoms with Gasteiger partial charge in [-0.05, 0) is 5.56 Å². The number of carbonyl (C=O) groups is 1. The standard InChI is InChI=1S/C10H9NO/c1-7-8-4-2-3-5-9(8)10(6-12)11-7/h2-6,10-11H,1H2. The van der Waals surface area contributed by atoms with Crippen molar-refractivity contribution in [3.63, 3.8) is 0 Å². The van der Waals surface area contributed by atoms with Crippen LogP contribution in [0.4, 0.5) is 0 Å². The number of fused-ring (bicyclic) bond motifs is 1. The zero-order valence-corrected chi connectivity index (χ0v) is 6.58. The molecule has 0 aromatic heterocycles. The van der Waals surface area contributed by atoms with Crippen molar-refractivity contribution in [1.82, 2.24) is 5.32 Å². The first-order valence-electron chi connectivity index (χ1n) is 3.83. The number of hydrogen-bond acceptors (Lipinski definition) is 2. The highest BCUT2D eigenvalue weighted by Gasteiger charge is 2.22. The van der Waals surface area contributed by atoms with Crippen LogP contribution >= 0.6 is 0 Å². The molecule has 0 spiro atoms. The Bertz CT molecular complexity index is 343. The molecule has 2 rings (SSSR count). The smallest absolute Gasteiger partial charge is 0.146 e. The van der Waals surface area contributed by atoms with E-state index in [0.29, 0.717) is 0 Å². The predicted molar refractivity (Wildman–Crippen MR) is 47.4 cm³/mol. The minimum atomic E-state index is -0.200. The summed E-state index contributed by atoms with van der Waals surface area (Å²) < 4.78 is 0. The maximum absolute atomic E-state index is 10.6. The lowest BCUT2D eigenvalue weighted by Gasteiger charge is -2.01. The van der Waals surface area contributed by atoms with E-state index < -0.39 is 0 Å². The maximum atomic E-state index is 10.6. The lowest BCUT2D eigenvalue weighted by Crippen LogP contribution is -2.11. The monoisotopic (exact) mass is 159 g/mol. The van der Waals surface area contributed by atoms with Crippen LogP contribution in [0.2, 0.25) is 0 Å². The molecule has 1 aliphatic heterocycles. The summed E-state index contributed by atoms with van der Waals surface area (Å²) in [5.74, 6) is 0. The van der Waals surface area contributed by atoms with Crippen molar-refractivity contribution in [2.24, 2.45) is 0 Å². The van der Waals surface area contributed by atoms with Gasteiger partial charge in [-0.1, -0.05) is 30.8 Å². The van der Waals surface area contributed by atoms with Gasteiger partial charge in [-0.2, -0.15) is 0 Å². The highest BCUT2D eigenvalue weighted by atomic mass is 16.1. The molecule has 2 nitrogen and oxygen atoms in total. The fourth-order valence-corrected chi connectivity index (χ4v) is 1.49. The molecule has 0 fully saturated rings. The second kappa shape index (κ2) is 2.48. The Morgan fingerprint density at radius 1 is 1.42 bits per heavy atom. The van der Waals surface area contributed by atoms with Crippen molar-refractivity contribution in [3.05, 3.63) is 42.0 Å². The van der Waals surface area contributed by atoms with Crippen molar-refractivity contribution < 1.29 is 4.79 Å². The van der Waals surface area contributed by atoms with E-state index in [9.17, 15) is 4.79 Å². The van der Waals surface area contributed by atoms with Crippen LogP contribution in [0.3, 0.4) is 0 Å². The highest BCUT2D eigenvalue weighted by molar-refractivity contribution is 5.79. The average Bonchev–Trinajstić information content (AvgIpc) is 2.44. The van der Waals surface area contributed by atoms with Gasteiger partial charge in [0.2, 0.25) is 0 Å². The average molecular weight is 159 g/mol. The molecule has 1 aromatic rings. The fourth-order valence-electron chi connectivity index (χ4n) is 1.49. The summed E-state index contributed by atoms with van der Waals surface area (Å²) in [7, 11) is 0. The van der Waals surface area contributed by atoms with Gasteiger partial charge >= 0.3 is 0 Å². The summed E-state index contributed by atoms with van der Waals surface area (Å²) in [6.07, 6.45) is 0.900. The summed E-state index contributed by atoms with van der Waals surface area (Å²) in [5, 5.41) is 3.01.